The fourth-order valence-electron chi connectivity index (χ4n) is 9.61. The molecule has 8 rings (SSSR count). The molecular weight excluding hydrogens is 853 g/mol. The first-order valence-electron chi connectivity index (χ1n) is 24.5. The number of benzene rings is 2. The number of piperazine rings is 1. The lowest BCUT2D eigenvalue weighted by Gasteiger charge is -2.34. The van der Waals surface area contributed by atoms with E-state index < -0.39 is 11.9 Å². The molecule has 2 aliphatic heterocycles. The number of rotatable bonds is 21. The average molecular weight is 921 g/mol. The Morgan fingerprint density at radius 2 is 1.58 bits per heavy atom. The number of aromatic nitrogens is 5. The van der Waals surface area contributed by atoms with Gasteiger partial charge in [0, 0.05) is 115 Å². The van der Waals surface area contributed by atoms with Gasteiger partial charge in [-0.2, -0.15) is 4.98 Å². The van der Waals surface area contributed by atoms with Crippen molar-refractivity contribution >= 4 is 45.9 Å². The van der Waals surface area contributed by atoms with Crippen LogP contribution in [0.5, 0.6) is 0 Å². The SMILES string of the molecule is CCCCNc1ncc2c(-c3ccc(CN4CCN(C(=O)NCCCOCCCOCCCc5ccc6c(c5)n(C)c(=O)n6C5CCC(=O)NC5=O)CC4)cc3)cn([C@H]3CC[C@H](O)CC3)c2n1. The quantitative estimate of drug-likeness (QED) is 0.0523. The van der Waals surface area contributed by atoms with E-state index in [9.17, 15) is 24.3 Å². The van der Waals surface area contributed by atoms with Gasteiger partial charge >= 0.3 is 11.7 Å². The molecule has 3 fully saturated rings. The first kappa shape index (κ1) is 47.9. The minimum Gasteiger partial charge on any atom is -0.393 e. The lowest BCUT2D eigenvalue weighted by atomic mass is 9.93. The number of nitrogens with zero attached hydrogens (tertiary/aromatic N) is 7. The van der Waals surface area contributed by atoms with Gasteiger partial charge in [-0.05, 0) is 93.0 Å². The van der Waals surface area contributed by atoms with Crippen LogP contribution in [0.2, 0.25) is 0 Å². The molecule has 3 aromatic heterocycles. The predicted octanol–water partition coefficient (Wildman–Crippen LogP) is 5.69. The summed E-state index contributed by atoms with van der Waals surface area (Å²) in [6, 6.07) is 14.2. The van der Waals surface area contributed by atoms with Crippen LogP contribution in [0.3, 0.4) is 0 Å². The lowest BCUT2D eigenvalue weighted by molar-refractivity contribution is -0.135. The average Bonchev–Trinajstić information content (AvgIpc) is 3.83. The van der Waals surface area contributed by atoms with Crippen molar-refractivity contribution in [3.63, 3.8) is 0 Å². The maximum Gasteiger partial charge on any atom is 0.329 e. The minimum absolute atomic E-state index is 0.0246. The zero-order valence-corrected chi connectivity index (χ0v) is 39.2. The number of ether oxygens (including phenoxy) is 2. The van der Waals surface area contributed by atoms with Gasteiger partial charge in [0.2, 0.25) is 17.8 Å². The number of aryl methyl sites for hydroxylation is 2. The summed E-state index contributed by atoms with van der Waals surface area (Å²) in [6.07, 6.45) is 13.3. The Morgan fingerprint density at radius 3 is 2.33 bits per heavy atom. The monoisotopic (exact) mass is 921 g/mol. The Hall–Kier alpha value is -5.62. The highest BCUT2D eigenvalue weighted by Crippen LogP contribution is 2.37. The first-order chi connectivity index (χ1) is 32.7. The molecule has 5 heterocycles. The molecule has 5 aromatic rings. The summed E-state index contributed by atoms with van der Waals surface area (Å²) in [5, 5.41) is 20.0. The van der Waals surface area contributed by atoms with Crippen molar-refractivity contribution < 1.29 is 29.0 Å². The molecule has 1 aliphatic carbocycles. The third-order valence-corrected chi connectivity index (χ3v) is 13.5. The van der Waals surface area contributed by atoms with Gasteiger partial charge in [0.1, 0.15) is 11.7 Å². The maximum absolute atomic E-state index is 13.0. The van der Waals surface area contributed by atoms with Crippen LogP contribution in [-0.4, -0.2) is 128 Å². The Kier molecular flexibility index (Phi) is 16.4. The summed E-state index contributed by atoms with van der Waals surface area (Å²) < 4.78 is 17.0. The molecule has 1 saturated carbocycles. The zero-order valence-electron chi connectivity index (χ0n) is 39.2. The van der Waals surface area contributed by atoms with Crippen molar-refractivity contribution in [1.82, 2.24) is 44.1 Å². The van der Waals surface area contributed by atoms with Gasteiger partial charge in [-0.1, -0.05) is 43.7 Å². The van der Waals surface area contributed by atoms with Crippen LogP contribution >= 0.6 is 0 Å². The third-order valence-electron chi connectivity index (χ3n) is 13.5. The number of aliphatic hydroxyl groups excluding tert-OH is 1. The minimum atomic E-state index is -0.693. The Morgan fingerprint density at radius 1 is 0.851 bits per heavy atom. The van der Waals surface area contributed by atoms with Crippen LogP contribution in [0.15, 0.2) is 59.7 Å². The largest absolute Gasteiger partial charge is 0.393 e. The molecule has 0 radical (unpaired) electrons. The van der Waals surface area contributed by atoms with E-state index in [1.54, 1.807) is 11.6 Å². The number of amides is 4. The van der Waals surface area contributed by atoms with Crippen molar-refractivity contribution in [3.05, 3.63) is 76.5 Å². The first-order valence-corrected chi connectivity index (χ1v) is 24.5. The van der Waals surface area contributed by atoms with E-state index >= 15 is 0 Å². The second-order valence-electron chi connectivity index (χ2n) is 18.4. The van der Waals surface area contributed by atoms with E-state index in [1.807, 2.05) is 29.3 Å². The molecule has 17 heteroatoms. The maximum atomic E-state index is 13.0. The third kappa shape index (κ3) is 11.9. The number of piperidine rings is 1. The smallest absolute Gasteiger partial charge is 0.329 e. The van der Waals surface area contributed by atoms with Crippen molar-refractivity contribution in [3.8, 4) is 11.1 Å². The highest BCUT2D eigenvalue weighted by atomic mass is 16.5. The van der Waals surface area contributed by atoms with Crippen LogP contribution in [0, 0.1) is 0 Å². The molecule has 4 amide bonds. The van der Waals surface area contributed by atoms with E-state index in [4.69, 9.17) is 14.5 Å². The van der Waals surface area contributed by atoms with Crippen molar-refractivity contribution in [2.45, 2.75) is 109 Å². The number of carbonyl (C=O) groups excluding carboxylic acids is 3. The van der Waals surface area contributed by atoms with Gasteiger partial charge in [0.15, 0.2) is 0 Å². The van der Waals surface area contributed by atoms with Crippen LogP contribution in [0.1, 0.15) is 101 Å². The van der Waals surface area contributed by atoms with Gasteiger partial charge < -0.3 is 34.7 Å². The summed E-state index contributed by atoms with van der Waals surface area (Å²) in [5.41, 5.74) is 6.70. The van der Waals surface area contributed by atoms with E-state index in [2.05, 4.69) is 67.8 Å². The summed E-state index contributed by atoms with van der Waals surface area (Å²) in [4.78, 5) is 64.0. The van der Waals surface area contributed by atoms with Crippen LogP contribution in [-0.2, 0) is 39.1 Å². The molecule has 67 heavy (non-hydrogen) atoms. The number of aliphatic hydroxyl groups is 1. The standard InChI is InChI=1S/C50H68N10O7/c1-3-4-21-51-48-53-32-40-41(34-59(46(40)55-48)38-14-16-39(61)17-15-38)37-12-9-36(10-13-37)33-57-23-25-58(26-24-57)49(64)52-22-6-28-67-30-7-29-66-27-5-8-35-11-18-42-44(31-35)56(2)50(65)60(42)43-19-20-45(62)54-47(43)63/h9-13,18,31-32,34,38-39,43,61H,3-8,14-17,19-30,33H2,1-2H3,(H,52,64)(H,51,53,55)(H,54,62,63)/t38-,39-,43?. The number of imide groups is 1. The normalized spacial score (nSPS) is 19.3. The number of nitrogens with one attached hydrogen (secondary N) is 3. The van der Waals surface area contributed by atoms with Gasteiger partial charge in [0.25, 0.3) is 0 Å². The molecular formula is C50H68N10O7. The highest BCUT2D eigenvalue weighted by Gasteiger charge is 2.31. The van der Waals surface area contributed by atoms with Crippen molar-refractivity contribution in [2.75, 3.05) is 71.0 Å². The number of carbonyl (C=O) groups is 3. The molecule has 17 nitrogen and oxygen atoms in total. The number of urea groups is 1. The Labute approximate surface area is 392 Å². The number of unbranched alkanes of at least 4 members (excludes halogenated alkanes) is 1. The predicted molar refractivity (Wildman–Crippen MR) is 258 cm³/mol. The van der Waals surface area contributed by atoms with E-state index in [0.717, 1.165) is 124 Å². The van der Waals surface area contributed by atoms with Gasteiger partial charge in [-0.15, -0.1) is 0 Å². The number of hydrogen-bond donors (Lipinski definition) is 4. The molecule has 3 aliphatic rings. The zero-order chi connectivity index (χ0) is 46.7. The molecule has 360 valence electrons. The summed E-state index contributed by atoms with van der Waals surface area (Å²) in [7, 11) is 1.70. The molecule has 4 N–H and O–H groups in total. The number of imidazole rings is 1. The van der Waals surface area contributed by atoms with Crippen LogP contribution < -0.4 is 21.6 Å². The van der Waals surface area contributed by atoms with E-state index in [0.29, 0.717) is 70.0 Å². The van der Waals surface area contributed by atoms with E-state index in [-0.39, 0.29) is 30.2 Å². The molecule has 2 aromatic carbocycles. The van der Waals surface area contributed by atoms with Gasteiger partial charge in [-0.3, -0.25) is 28.9 Å². The van der Waals surface area contributed by atoms with Crippen LogP contribution in [0.4, 0.5) is 10.7 Å². The Bertz CT molecular complexity index is 2520. The topological polar surface area (TPSA) is 190 Å². The fourth-order valence-corrected chi connectivity index (χ4v) is 9.61. The van der Waals surface area contributed by atoms with Crippen molar-refractivity contribution in [1.29, 1.82) is 0 Å². The fraction of sp³-hybridized carbons (Fsp3) is 0.560. The van der Waals surface area contributed by atoms with Crippen LogP contribution in [0.25, 0.3) is 33.2 Å². The molecule has 0 spiro atoms. The summed E-state index contributed by atoms with van der Waals surface area (Å²) >= 11 is 0. The Balaban J connectivity index is 0.688. The number of anilines is 1. The summed E-state index contributed by atoms with van der Waals surface area (Å²) in [5.74, 6) is -0.0803. The van der Waals surface area contributed by atoms with Gasteiger partial charge in [0.05, 0.1) is 17.1 Å². The summed E-state index contributed by atoms with van der Waals surface area (Å²) in [6.45, 7) is 9.79. The van der Waals surface area contributed by atoms with E-state index in [1.165, 1.54) is 10.1 Å². The molecule has 0 bridgehead atoms. The van der Waals surface area contributed by atoms with Gasteiger partial charge in [-0.25, -0.2) is 14.6 Å². The lowest BCUT2D eigenvalue weighted by Crippen LogP contribution is -2.51. The number of hydrogen-bond acceptors (Lipinski definition) is 11. The number of fused-ring (bicyclic) bond motifs is 2. The second-order valence-corrected chi connectivity index (χ2v) is 18.4. The highest BCUT2D eigenvalue weighted by molar-refractivity contribution is 6.00. The molecule has 1 atom stereocenters. The second kappa shape index (κ2) is 22.9. The molecule has 1 unspecified atom stereocenters. The molecule has 2 saturated heterocycles. The van der Waals surface area contributed by atoms with Crippen molar-refractivity contribution in [2.24, 2.45) is 7.05 Å².